The van der Waals surface area contributed by atoms with Crippen LogP contribution in [0.1, 0.15) is 80.1 Å². The van der Waals surface area contributed by atoms with Crippen LogP contribution in [0, 0.1) is 0 Å². The van der Waals surface area contributed by atoms with Crippen LogP contribution in [0.5, 0.6) is 0 Å². The molecule has 1 atom stereocenters. The Morgan fingerprint density at radius 1 is 0.613 bits per heavy atom. The number of rotatable bonds is 17. The van der Waals surface area contributed by atoms with Crippen LogP contribution in [0.25, 0.3) is 0 Å². The van der Waals surface area contributed by atoms with Gasteiger partial charge in [0.15, 0.2) is 7.51 Å². The summed E-state index contributed by atoms with van der Waals surface area (Å²) in [7, 11) is -4.73. The zero-order valence-electron chi connectivity index (χ0n) is 21.1. The minimum Gasteiger partial charge on any atom is -0.259 e. The van der Waals surface area contributed by atoms with E-state index in [1.807, 2.05) is 0 Å². The standard InChI is InChI=1S/C19H50N9P3/c1-8-14-20-29(21-15-9-2)26-30(22-16-10-3,23-17-11-4)28(7)31(27-29,24-18-12-5)25-19-13-6/h20-24H,8-19H2,1-7H3/t31-/m0/s1. The predicted octanol–water partition coefficient (Wildman–Crippen LogP) is 6.18. The Morgan fingerprint density at radius 3 is 1.52 bits per heavy atom. The summed E-state index contributed by atoms with van der Waals surface area (Å²) >= 11 is 0. The van der Waals surface area contributed by atoms with Gasteiger partial charge in [0.1, 0.15) is 0 Å². The molecule has 0 unspecified atom stereocenters. The van der Waals surface area contributed by atoms with Crippen molar-refractivity contribution in [1.29, 1.82) is 0 Å². The molecule has 1 aliphatic heterocycles. The fourth-order valence-electron chi connectivity index (χ4n) is 3.06. The maximum absolute atomic E-state index is 5.55. The number of nitrogens with one attached hydrogen (secondary N) is 5. The van der Waals surface area contributed by atoms with Crippen LogP contribution in [-0.4, -0.2) is 50.8 Å². The van der Waals surface area contributed by atoms with Crippen LogP contribution in [-0.2, 0) is 0 Å². The second-order valence-electron chi connectivity index (χ2n) is 7.84. The highest BCUT2D eigenvalue weighted by Gasteiger charge is 2.43. The molecule has 0 aliphatic carbocycles. The monoisotopic (exact) mass is 497 g/mol. The number of hydrogen-bond donors (Lipinski definition) is 5. The maximum Gasteiger partial charge on any atom is 0.217 e. The molecule has 0 aromatic heterocycles. The average molecular weight is 498 g/mol. The van der Waals surface area contributed by atoms with E-state index in [1.165, 1.54) is 0 Å². The molecule has 1 aliphatic rings. The van der Waals surface area contributed by atoms with Crippen molar-refractivity contribution in [3.05, 3.63) is 0 Å². The summed E-state index contributed by atoms with van der Waals surface area (Å²) in [5, 5.41) is 19.1. The van der Waals surface area contributed by atoms with Gasteiger partial charge in [-0.2, -0.15) is 13.5 Å². The Morgan fingerprint density at radius 2 is 1.06 bits per heavy atom. The summed E-state index contributed by atoms with van der Waals surface area (Å²) in [5.74, 6) is 0. The average Bonchev–Trinajstić information content (AvgIpc) is 2.79. The van der Waals surface area contributed by atoms with Gasteiger partial charge < -0.3 is 0 Å². The van der Waals surface area contributed by atoms with Gasteiger partial charge in [0, 0.05) is 46.3 Å². The molecule has 12 heteroatoms. The van der Waals surface area contributed by atoms with Crippen molar-refractivity contribution in [1.82, 2.24) is 29.9 Å². The fourth-order valence-corrected chi connectivity index (χ4v) is 16.5. The Labute approximate surface area is 192 Å². The van der Waals surface area contributed by atoms with Gasteiger partial charge in [-0.1, -0.05) is 41.5 Å². The zero-order chi connectivity index (χ0) is 23.2. The molecule has 0 radical (unpaired) electrons. The van der Waals surface area contributed by atoms with Crippen LogP contribution in [0.15, 0.2) is 13.8 Å². The molecule has 0 aromatic carbocycles. The van der Waals surface area contributed by atoms with Gasteiger partial charge in [-0.3, -0.25) is 30.2 Å². The molecule has 0 aromatic rings. The van der Waals surface area contributed by atoms with Crippen molar-refractivity contribution in [3.63, 3.8) is 0 Å². The van der Waals surface area contributed by atoms with Crippen molar-refractivity contribution in [2.75, 3.05) is 46.3 Å². The van der Waals surface area contributed by atoms with Crippen molar-refractivity contribution in [3.8, 4) is 0 Å². The first-order valence-corrected chi connectivity index (χ1v) is 17.3. The topological polar surface area (TPSA) is 100 Å². The van der Waals surface area contributed by atoms with Gasteiger partial charge in [-0.25, -0.2) is 0 Å². The van der Waals surface area contributed by atoms with Crippen LogP contribution in [0.2, 0.25) is 0 Å². The Bertz CT molecular complexity index is 642. The van der Waals surface area contributed by atoms with Gasteiger partial charge in [0.2, 0.25) is 15.0 Å². The lowest BCUT2D eigenvalue weighted by Crippen LogP contribution is -2.39. The van der Waals surface area contributed by atoms with Gasteiger partial charge >= 0.3 is 0 Å². The van der Waals surface area contributed by atoms with Crippen LogP contribution < -0.4 is 25.4 Å². The molecular weight excluding hydrogens is 447 g/mol. The lowest BCUT2D eigenvalue weighted by molar-refractivity contribution is 0.704. The van der Waals surface area contributed by atoms with E-state index in [1.54, 1.807) is 0 Å². The molecule has 0 saturated carbocycles. The smallest absolute Gasteiger partial charge is 0.217 e. The van der Waals surface area contributed by atoms with E-state index >= 15 is 0 Å². The third-order valence-electron chi connectivity index (χ3n) is 4.76. The van der Waals surface area contributed by atoms with Crippen molar-refractivity contribution >= 4 is 22.5 Å². The maximum atomic E-state index is 5.55. The Balaban J connectivity index is 3.83. The van der Waals surface area contributed by atoms with E-state index in [0.717, 1.165) is 77.8 Å². The molecule has 186 valence electrons. The lowest BCUT2D eigenvalue weighted by Gasteiger charge is -2.46. The van der Waals surface area contributed by atoms with Crippen molar-refractivity contribution in [2.45, 2.75) is 80.1 Å². The van der Waals surface area contributed by atoms with Crippen LogP contribution in [0.3, 0.4) is 0 Å². The highest BCUT2D eigenvalue weighted by atomic mass is 31.3. The summed E-state index contributed by atoms with van der Waals surface area (Å²) < 4.78 is 18.7. The number of nitrogens with zero attached hydrogens (tertiary/aromatic N) is 4. The minimum atomic E-state index is -2.34. The summed E-state index contributed by atoms with van der Waals surface area (Å²) in [4.78, 5) is 0. The van der Waals surface area contributed by atoms with Gasteiger partial charge in [-0.15, -0.1) is 0 Å². The van der Waals surface area contributed by atoms with E-state index in [0.29, 0.717) is 0 Å². The largest absolute Gasteiger partial charge is 0.259 e. The van der Waals surface area contributed by atoms with Gasteiger partial charge in [0.25, 0.3) is 0 Å². The second kappa shape index (κ2) is 15.4. The van der Waals surface area contributed by atoms with Gasteiger partial charge in [0.05, 0.1) is 0 Å². The molecular formula is C19H50N9P3. The molecule has 0 fully saturated rings. The van der Waals surface area contributed by atoms with E-state index in [9.17, 15) is 0 Å². The summed E-state index contributed by atoms with van der Waals surface area (Å²) in [6.07, 6.45) is 6.29. The van der Waals surface area contributed by atoms with Gasteiger partial charge in [-0.05, 0) is 38.5 Å². The first-order valence-electron chi connectivity index (χ1n) is 12.3. The fraction of sp³-hybridized carbons (Fsp3) is 1.00. The second-order valence-corrected chi connectivity index (χ2v) is 16.2. The van der Waals surface area contributed by atoms with Crippen LogP contribution in [0.4, 0.5) is 0 Å². The normalized spacial score (nSPS) is 22.7. The summed E-state index contributed by atoms with van der Waals surface area (Å²) in [6, 6.07) is 0. The van der Waals surface area contributed by atoms with E-state index in [2.05, 4.69) is 78.5 Å². The van der Waals surface area contributed by atoms with E-state index in [4.69, 9.17) is 13.8 Å². The van der Waals surface area contributed by atoms with Crippen LogP contribution >= 0.6 is 22.5 Å². The first-order chi connectivity index (χ1) is 14.9. The summed E-state index contributed by atoms with van der Waals surface area (Å²) in [5.41, 5.74) is 0. The van der Waals surface area contributed by atoms with E-state index in [-0.39, 0.29) is 0 Å². The predicted molar refractivity (Wildman–Crippen MR) is 142 cm³/mol. The van der Waals surface area contributed by atoms with E-state index < -0.39 is 22.5 Å². The molecule has 1 rings (SSSR count). The number of hydrogen-bond acceptors (Lipinski definition) is 6. The quantitative estimate of drug-likeness (QED) is 0.154. The highest BCUT2D eigenvalue weighted by molar-refractivity contribution is 7.85. The Hall–Kier alpha value is 0.450. The third-order valence-corrected chi connectivity index (χ3v) is 15.9. The SMILES string of the molecule is CCCN=[P@@]1(NCCC)N=P(NCCC)(NCCC)N=P(NCCC)(NCCC)N1C. The molecule has 0 spiro atoms. The molecule has 31 heavy (non-hydrogen) atoms. The Kier molecular flexibility index (Phi) is 14.6. The minimum absolute atomic E-state index is 0.807. The summed E-state index contributed by atoms with van der Waals surface area (Å²) in [6.45, 7) is 18.5. The third kappa shape index (κ3) is 8.31. The molecule has 0 saturated heterocycles. The molecule has 0 bridgehead atoms. The highest BCUT2D eigenvalue weighted by Crippen LogP contribution is 2.75. The molecule has 9 nitrogen and oxygen atoms in total. The lowest BCUT2D eigenvalue weighted by atomic mass is 10.5. The van der Waals surface area contributed by atoms with Crippen molar-refractivity contribution < 1.29 is 0 Å². The zero-order valence-corrected chi connectivity index (χ0v) is 23.8. The molecule has 5 N–H and O–H groups in total. The first kappa shape index (κ1) is 29.5. The van der Waals surface area contributed by atoms with Crippen molar-refractivity contribution in [2.24, 2.45) is 13.8 Å². The molecule has 1 heterocycles. The molecule has 0 amide bonds.